The number of anilines is 2. The fraction of sp³-hybridized carbons (Fsp3) is 0.115. The van der Waals surface area contributed by atoms with Crippen LogP contribution in [0.5, 0.6) is 0 Å². The summed E-state index contributed by atoms with van der Waals surface area (Å²) in [6.07, 6.45) is 4.62. The van der Waals surface area contributed by atoms with Gasteiger partial charge in [-0.2, -0.15) is 0 Å². The number of carbonyl (C=O) groups is 3. The van der Waals surface area contributed by atoms with Crippen molar-refractivity contribution >= 4 is 46.6 Å². The molecule has 0 aromatic heterocycles. The standard InChI is InChI=1S/C26H21ClN2O3/c27-23-8-2-1-7-22(23)26(32)28-20-6-3-5-18(17-20)10-15-24(30)19-11-13-21(14-12-19)29-16-4-9-25(29)31/h1-3,5-8,10-15,17H,4,9,16H2,(H,28,32)/b15-10+. The molecule has 1 aliphatic rings. The number of ketones is 1. The largest absolute Gasteiger partial charge is 0.322 e. The lowest BCUT2D eigenvalue weighted by atomic mass is 10.1. The van der Waals surface area contributed by atoms with E-state index in [-0.39, 0.29) is 17.6 Å². The molecule has 0 bridgehead atoms. The molecule has 2 amide bonds. The first-order valence-corrected chi connectivity index (χ1v) is 10.7. The van der Waals surface area contributed by atoms with Gasteiger partial charge in [0.1, 0.15) is 0 Å². The summed E-state index contributed by atoms with van der Waals surface area (Å²) in [6.45, 7) is 0.718. The molecule has 3 aromatic carbocycles. The Morgan fingerprint density at radius 3 is 2.47 bits per heavy atom. The fourth-order valence-corrected chi connectivity index (χ4v) is 3.78. The third-order valence-corrected chi connectivity index (χ3v) is 5.56. The number of carbonyl (C=O) groups excluding carboxylic acids is 3. The summed E-state index contributed by atoms with van der Waals surface area (Å²) < 4.78 is 0. The van der Waals surface area contributed by atoms with E-state index in [2.05, 4.69) is 5.32 Å². The topological polar surface area (TPSA) is 66.5 Å². The van der Waals surface area contributed by atoms with Crippen LogP contribution in [0.15, 0.2) is 78.9 Å². The zero-order valence-electron chi connectivity index (χ0n) is 17.3. The first-order chi connectivity index (χ1) is 15.5. The highest BCUT2D eigenvalue weighted by molar-refractivity contribution is 6.34. The molecule has 0 radical (unpaired) electrons. The number of nitrogens with one attached hydrogen (secondary N) is 1. The van der Waals surface area contributed by atoms with Crippen molar-refractivity contribution in [1.82, 2.24) is 0 Å². The van der Waals surface area contributed by atoms with Gasteiger partial charge in [-0.3, -0.25) is 14.4 Å². The minimum atomic E-state index is -0.302. The van der Waals surface area contributed by atoms with Gasteiger partial charge in [0, 0.05) is 29.9 Å². The van der Waals surface area contributed by atoms with Crippen LogP contribution in [-0.4, -0.2) is 24.1 Å². The molecule has 1 aliphatic heterocycles. The Morgan fingerprint density at radius 2 is 1.75 bits per heavy atom. The van der Waals surface area contributed by atoms with Gasteiger partial charge >= 0.3 is 0 Å². The molecule has 5 nitrogen and oxygen atoms in total. The van der Waals surface area contributed by atoms with Crippen molar-refractivity contribution in [3.8, 4) is 0 Å². The third kappa shape index (κ3) is 4.95. The maximum absolute atomic E-state index is 12.5. The van der Waals surface area contributed by atoms with Gasteiger partial charge < -0.3 is 10.2 Å². The molecule has 160 valence electrons. The normalized spacial score (nSPS) is 13.5. The van der Waals surface area contributed by atoms with Crippen molar-refractivity contribution in [1.29, 1.82) is 0 Å². The van der Waals surface area contributed by atoms with Gasteiger partial charge in [-0.15, -0.1) is 0 Å². The molecule has 3 aromatic rings. The van der Waals surface area contributed by atoms with Crippen molar-refractivity contribution in [2.75, 3.05) is 16.8 Å². The highest BCUT2D eigenvalue weighted by Gasteiger charge is 2.21. The second-order valence-electron chi connectivity index (χ2n) is 7.45. The summed E-state index contributed by atoms with van der Waals surface area (Å²) in [4.78, 5) is 38.6. The molecule has 0 atom stereocenters. The van der Waals surface area contributed by atoms with Gasteiger partial charge in [-0.1, -0.05) is 41.9 Å². The summed E-state index contributed by atoms with van der Waals surface area (Å²) in [7, 11) is 0. The minimum Gasteiger partial charge on any atom is -0.322 e. The number of halogens is 1. The van der Waals surface area contributed by atoms with E-state index >= 15 is 0 Å². The summed E-state index contributed by atoms with van der Waals surface area (Å²) in [5, 5.41) is 3.20. The van der Waals surface area contributed by atoms with E-state index in [0.717, 1.165) is 24.2 Å². The van der Waals surface area contributed by atoms with Crippen LogP contribution in [-0.2, 0) is 4.79 Å². The Hall–Kier alpha value is -3.70. The Kier molecular flexibility index (Phi) is 6.47. The van der Waals surface area contributed by atoms with E-state index in [0.29, 0.717) is 28.3 Å². The lowest BCUT2D eigenvalue weighted by Gasteiger charge is -2.15. The fourth-order valence-electron chi connectivity index (χ4n) is 3.56. The Morgan fingerprint density at radius 1 is 0.969 bits per heavy atom. The zero-order chi connectivity index (χ0) is 22.5. The molecule has 0 unspecified atom stereocenters. The first kappa shape index (κ1) is 21.5. The summed E-state index contributed by atoms with van der Waals surface area (Å²) in [6, 6.07) is 21.1. The van der Waals surface area contributed by atoms with Crippen molar-refractivity contribution in [3.63, 3.8) is 0 Å². The molecular weight excluding hydrogens is 424 g/mol. The number of rotatable bonds is 6. The third-order valence-electron chi connectivity index (χ3n) is 5.23. The van der Waals surface area contributed by atoms with Gasteiger partial charge in [-0.05, 0) is 66.6 Å². The number of hydrogen-bond donors (Lipinski definition) is 1. The zero-order valence-corrected chi connectivity index (χ0v) is 18.0. The van der Waals surface area contributed by atoms with Crippen molar-refractivity contribution < 1.29 is 14.4 Å². The van der Waals surface area contributed by atoms with Crippen LogP contribution in [0.25, 0.3) is 6.08 Å². The first-order valence-electron chi connectivity index (χ1n) is 10.3. The van der Waals surface area contributed by atoms with E-state index in [1.54, 1.807) is 77.7 Å². The number of allylic oxidation sites excluding steroid dienone is 1. The van der Waals surface area contributed by atoms with Gasteiger partial charge in [0.15, 0.2) is 5.78 Å². The van der Waals surface area contributed by atoms with Gasteiger partial charge in [-0.25, -0.2) is 0 Å². The van der Waals surface area contributed by atoms with E-state index in [4.69, 9.17) is 11.6 Å². The van der Waals surface area contributed by atoms with E-state index < -0.39 is 0 Å². The SMILES string of the molecule is O=C(/C=C/c1cccc(NC(=O)c2ccccc2Cl)c1)c1ccc(N2CCCC2=O)cc1. The molecule has 32 heavy (non-hydrogen) atoms. The number of benzene rings is 3. The van der Waals surface area contributed by atoms with Crippen molar-refractivity contribution in [3.05, 3.63) is 101 Å². The number of hydrogen-bond acceptors (Lipinski definition) is 3. The van der Waals surface area contributed by atoms with Gasteiger partial charge in [0.05, 0.1) is 10.6 Å². The van der Waals surface area contributed by atoms with Crippen molar-refractivity contribution in [2.24, 2.45) is 0 Å². The molecule has 1 heterocycles. The lowest BCUT2D eigenvalue weighted by Crippen LogP contribution is -2.23. The highest BCUT2D eigenvalue weighted by atomic mass is 35.5. The molecule has 6 heteroatoms. The quantitative estimate of drug-likeness (QED) is 0.396. The average Bonchev–Trinajstić information content (AvgIpc) is 3.24. The second kappa shape index (κ2) is 9.62. The summed E-state index contributed by atoms with van der Waals surface area (Å²) in [5.41, 5.74) is 3.12. The molecule has 0 spiro atoms. The molecule has 1 N–H and O–H groups in total. The second-order valence-corrected chi connectivity index (χ2v) is 7.86. The Balaban J connectivity index is 1.42. The Bertz CT molecular complexity index is 1200. The molecule has 0 aliphatic carbocycles. The average molecular weight is 445 g/mol. The van der Waals surface area contributed by atoms with Crippen LogP contribution in [0.3, 0.4) is 0 Å². The summed E-state index contributed by atoms with van der Waals surface area (Å²) >= 11 is 6.08. The van der Waals surface area contributed by atoms with Gasteiger partial charge in [0.25, 0.3) is 5.91 Å². The molecule has 1 saturated heterocycles. The molecule has 4 rings (SSSR count). The monoisotopic (exact) mass is 444 g/mol. The molecule has 1 fully saturated rings. The number of amides is 2. The van der Waals surface area contributed by atoms with Crippen LogP contribution >= 0.6 is 11.6 Å². The van der Waals surface area contributed by atoms with Crippen molar-refractivity contribution in [2.45, 2.75) is 12.8 Å². The minimum absolute atomic E-state index is 0.116. The molecular formula is C26H21ClN2O3. The van der Waals surface area contributed by atoms with E-state index in [1.165, 1.54) is 6.08 Å². The maximum atomic E-state index is 12.5. The van der Waals surface area contributed by atoms with E-state index in [9.17, 15) is 14.4 Å². The smallest absolute Gasteiger partial charge is 0.257 e. The highest BCUT2D eigenvalue weighted by Crippen LogP contribution is 2.22. The van der Waals surface area contributed by atoms with Crippen LogP contribution in [0.4, 0.5) is 11.4 Å². The predicted octanol–water partition coefficient (Wildman–Crippen LogP) is 5.62. The van der Waals surface area contributed by atoms with E-state index in [1.807, 2.05) is 6.07 Å². The van der Waals surface area contributed by atoms with Crippen LogP contribution in [0.2, 0.25) is 5.02 Å². The molecule has 0 saturated carbocycles. The Labute approximate surface area is 191 Å². The predicted molar refractivity (Wildman–Crippen MR) is 127 cm³/mol. The number of nitrogens with zero attached hydrogens (tertiary/aromatic N) is 1. The van der Waals surface area contributed by atoms with Crippen LogP contribution in [0.1, 0.15) is 39.1 Å². The maximum Gasteiger partial charge on any atom is 0.257 e. The van der Waals surface area contributed by atoms with Crippen LogP contribution in [0, 0.1) is 0 Å². The van der Waals surface area contributed by atoms with Crippen LogP contribution < -0.4 is 10.2 Å². The lowest BCUT2D eigenvalue weighted by molar-refractivity contribution is -0.117. The summed E-state index contributed by atoms with van der Waals surface area (Å²) in [5.74, 6) is -0.329. The van der Waals surface area contributed by atoms with Gasteiger partial charge in [0.2, 0.25) is 5.91 Å².